The molecule has 6 nitrogen and oxygen atoms in total. The number of carbonyl (C=O) groups excluding carboxylic acids is 1. The molecular weight excluding hydrogens is 262 g/mol. The summed E-state index contributed by atoms with van der Waals surface area (Å²) in [6, 6.07) is 6.03. The van der Waals surface area contributed by atoms with E-state index < -0.39 is 24.5 Å². The second-order valence-electron chi connectivity index (χ2n) is 4.66. The third-order valence-electron chi connectivity index (χ3n) is 2.71. The Hall–Kier alpha value is -2.08. The first kappa shape index (κ1) is 16.0. The fourth-order valence-corrected chi connectivity index (χ4v) is 1.53. The van der Waals surface area contributed by atoms with Crippen LogP contribution in [0.4, 0.5) is 0 Å². The van der Waals surface area contributed by atoms with Crippen molar-refractivity contribution in [2.24, 2.45) is 0 Å². The molecular formula is C14H19NO5. The molecule has 110 valence electrons. The van der Waals surface area contributed by atoms with Crippen LogP contribution in [0, 0.1) is 0 Å². The van der Waals surface area contributed by atoms with Gasteiger partial charge in [-0.05, 0) is 23.6 Å². The predicted molar refractivity (Wildman–Crippen MR) is 72.7 cm³/mol. The van der Waals surface area contributed by atoms with Gasteiger partial charge in [-0.3, -0.25) is 4.79 Å². The molecule has 3 N–H and O–H groups in total. The number of aliphatic hydroxyl groups is 1. The van der Waals surface area contributed by atoms with Gasteiger partial charge in [0.15, 0.2) is 6.61 Å². The van der Waals surface area contributed by atoms with Crippen molar-refractivity contribution in [3.8, 4) is 5.75 Å². The van der Waals surface area contributed by atoms with Crippen LogP contribution in [0.1, 0.15) is 25.3 Å². The van der Waals surface area contributed by atoms with E-state index in [1.165, 1.54) is 0 Å². The van der Waals surface area contributed by atoms with Crippen molar-refractivity contribution in [1.29, 1.82) is 0 Å². The zero-order chi connectivity index (χ0) is 15.1. The molecule has 0 saturated carbocycles. The average molecular weight is 281 g/mol. The molecule has 0 bridgehead atoms. The van der Waals surface area contributed by atoms with Crippen molar-refractivity contribution in [2.75, 3.05) is 13.2 Å². The van der Waals surface area contributed by atoms with Crippen LogP contribution in [0.15, 0.2) is 24.3 Å². The zero-order valence-electron chi connectivity index (χ0n) is 11.5. The Kier molecular flexibility index (Phi) is 5.99. The minimum atomic E-state index is -1.31. The van der Waals surface area contributed by atoms with Gasteiger partial charge in [0.2, 0.25) is 0 Å². The van der Waals surface area contributed by atoms with E-state index in [2.05, 4.69) is 5.32 Å². The van der Waals surface area contributed by atoms with Gasteiger partial charge < -0.3 is 20.3 Å². The van der Waals surface area contributed by atoms with Crippen molar-refractivity contribution in [3.63, 3.8) is 0 Å². The molecule has 0 spiro atoms. The smallest absolute Gasteiger partial charge is 0.328 e. The molecule has 1 amide bonds. The molecule has 0 radical (unpaired) electrons. The molecule has 0 aromatic heterocycles. The van der Waals surface area contributed by atoms with E-state index >= 15 is 0 Å². The van der Waals surface area contributed by atoms with Crippen molar-refractivity contribution in [2.45, 2.75) is 25.8 Å². The number of aliphatic carboxylic acids is 1. The standard InChI is InChI=1S/C14H19NO5/c1-9(2)10-4-3-5-11(6-10)20-8-13(17)15-12(7-16)14(18)19/h3-6,9,12,16H,7-8H2,1-2H3,(H,15,17)(H,18,19). The van der Waals surface area contributed by atoms with Gasteiger partial charge in [-0.15, -0.1) is 0 Å². The first-order valence-corrected chi connectivity index (χ1v) is 6.29. The summed E-state index contributed by atoms with van der Waals surface area (Å²) < 4.78 is 5.30. The van der Waals surface area contributed by atoms with Crippen LogP contribution < -0.4 is 10.1 Å². The van der Waals surface area contributed by atoms with Crippen molar-refractivity contribution < 1.29 is 24.5 Å². The number of nitrogens with one attached hydrogen (secondary N) is 1. The number of hydrogen-bond donors (Lipinski definition) is 3. The molecule has 20 heavy (non-hydrogen) atoms. The quantitative estimate of drug-likeness (QED) is 0.685. The number of benzene rings is 1. The van der Waals surface area contributed by atoms with Gasteiger partial charge >= 0.3 is 5.97 Å². The lowest BCUT2D eigenvalue weighted by Crippen LogP contribution is -2.45. The van der Waals surface area contributed by atoms with Crippen LogP contribution in [0.25, 0.3) is 0 Å². The summed E-state index contributed by atoms with van der Waals surface area (Å²) in [4.78, 5) is 22.1. The van der Waals surface area contributed by atoms with Crippen molar-refractivity contribution in [3.05, 3.63) is 29.8 Å². The Bertz CT molecular complexity index is 472. The molecule has 1 unspecified atom stereocenters. The monoisotopic (exact) mass is 281 g/mol. The summed E-state index contributed by atoms with van der Waals surface area (Å²) >= 11 is 0. The summed E-state index contributed by atoms with van der Waals surface area (Å²) in [5.41, 5.74) is 1.08. The van der Waals surface area contributed by atoms with Gasteiger partial charge in [0.25, 0.3) is 5.91 Å². The first-order valence-electron chi connectivity index (χ1n) is 6.29. The van der Waals surface area contributed by atoms with Gasteiger partial charge in [-0.1, -0.05) is 26.0 Å². The lowest BCUT2D eigenvalue weighted by molar-refractivity contribution is -0.143. The van der Waals surface area contributed by atoms with E-state index in [9.17, 15) is 9.59 Å². The molecule has 1 rings (SSSR count). The maximum Gasteiger partial charge on any atom is 0.328 e. The molecule has 0 fully saturated rings. The van der Waals surface area contributed by atoms with Gasteiger partial charge in [0.1, 0.15) is 11.8 Å². The molecule has 1 atom stereocenters. The maximum absolute atomic E-state index is 11.5. The molecule has 0 heterocycles. The number of rotatable bonds is 7. The highest BCUT2D eigenvalue weighted by Gasteiger charge is 2.18. The molecule has 0 aliphatic rings. The first-order chi connectivity index (χ1) is 9.43. The number of ether oxygens (including phenoxy) is 1. The number of amides is 1. The lowest BCUT2D eigenvalue weighted by Gasteiger charge is -2.13. The summed E-state index contributed by atoms with van der Waals surface area (Å²) in [5.74, 6) is -0.996. The van der Waals surface area contributed by atoms with Crippen LogP contribution in [-0.2, 0) is 9.59 Å². The third kappa shape index (κ3) is 4.89. The van der Waals surface area contributed by atoms with E-state index in [0.29, 0.717) is 11.7 Å². The molecule has 6 heteroatoms. The van der Waals surface area contributed by atoms with Crippen LogP contribution in [0.3, 0.4) is 0 Å². The minimum absolute atomic E-state index is 0.300. The minimum Gasteiger partial charge on any atom is -0.484 e. The van der Waals surface area contributed by atoms with Crippen molar-refractivity contribution in [1.82, 2.24) is 5.32 Å². The normalized spacial score (nSPS) is 12.0. The average Bonchev–Trinajstić information content (AvgIpc) is 2.42. The van der Waals surface area contributed by atoms with E-state index in [4.69, 9.17) is 14.9 Å². The third-order valence-corrected chi connectivity index (χ3v) is 2.71. The summed E-state index contributed by atoms with van der Waals surface area (Å²) in [7, 11) is 0. The zero-order valence-corrected chi connectivity index (χ0v) is 11.5. The van der Waals surface area contributed by atoms with Crippen LogP contribution in [0.2, 0.25) is 0 Å². The van der Waals surface area contributed by atoms with Crippen LogP contribution in [0.5, 0.6) is 5.75 Å². The van der Waals surface area contributed by atoms with Crippen molar-refractivity contribution >= 4 is 11.9 Å². The second kappa shape index (κ2) is 7.49. The molecule has 0 saturated heterocycles. The largest absolute Gasteiger partial charge is 0.484 e. The second-order valence-corrected chi connectivity index (χ2v) is 4.66. The Morgan fingerprint density at radius 3 is 2.60 bits per heavy atom. The number of carboxylic acids is 1. The number of carbonyl (C=O) groups is 2. The van der Waals surface area contributed by atoms with E-state index in [1.54, 1.807) is 6.07 Å². The van der Waals surface area contributed by atoms with Gasteiger partial charge in [-0.25, -0.2) is 4.79 Å². The number of carboxylic acid groups (broad SMARTS) is 1. The fourth-order valence-electron chi connectivity index (χ4n) is 1.53. The van der Waals surface area contributed by atoms with E-state index in [0.717, 1.165) is 5.56 Å². The van der Waals surface area contributed by atoms with E-state index in [-0.39, 0.29) is 6.61 Å². The Morgan fingerprint density at radius 1 is 1.35 bits per heavy atom. The highest BCUT2D eigenvalue weighted by molar-refractivity contribution is 5.84. The van der Waals surface area contributed by atoms with Crippen LogP contribution in [-0.4, -0.2) is 41.3 Å². The number of hydrogen-bond acceptors (Lipinski definition) is 4. The Morgan fingerprint density at radius 2 is 2.05 bits per heavy atom. The summed E-state index contributed by atoms with van der Waals surface area (Å²) in [6.07, 6.45) is 0. The highest BCUT2D eigenvalue weighted by Crippen LogP contribution is 2.19. The van der Waals surface area contributed by atoms with Crippen LogP contribution >= 0.6 is 0 Å². The number of aliphatic hydroxyl groups excluding tert-OH is 1. The SMILES string of the molecule is CC(C)c1cccc(OCC(=O)NC(CO)C(=O)O)c1. The summed E-state index contributed by atoms with van der Waals surface area (Å²) in [6.45, 7) is 3.13. The van der Waals surface area contributed by atoms with Gasteiger partial charge in [-0.2, -0.15) is 0 Å². The van der Waals surface area contributed by atoms with E-state index in [1.807, 2.05) is 32.0 Å². The Balaban J connectivity index is 2.52. The highest BCUT2D eigenvalue weighted by atomic mass is 16.5. The molecule has 1 aromatic rings. The molecule has 0 aliphatic carbocycles. The Labute approximate surface area is 117 Å². The summed E-state index contributed by atoms with van der Waals surface area (Å²) in [5, 5.41) is 19.6. The topological polar surface area (TPSA) is 95.9 Å². The fraction of sp³-hybridized carbons (Fsp3) is 0.429. The van der Waals surface area contributed by atoms with Gasteiger partial charge in [0, 0.05) is 0 Å². The maximum atomic E-state index is 11.5. The lowest BCUT2D eigenvalue weighted by atomic mass is 10.0. The predicted octanol–water partition coefficient (Wildman–Crippen LogP) is 0.750. The van der Waals surface area contributed by atoms with Gasteiger partial charge in [0.05, 0.1) is 6.61 Å². The molecule has 0 aliphatic heterocycles. The molecule has 1 aromatic carbocycles.